The zero-order chi connectivity index (χ0) is 17.8. The van der Waals surface area contributed by atoms with Crippen LogP contribution in [0.15, 0.2) is 16.7 Å². The Hall–Kier alpha value is -1.73. The van der Waals surface area contributed by atoms with Gasteiger partial charge in [-0.25, -0.2) is 0 Å². The van der Waals surface area contributed by atoms with Gasteiger partial charge in [0.2, 0.25) is 5.89 Å². The molecule has 1 amide bonds. The molecule has 2 aromatic rings. The lowest BCUT2D eigenvalue weighted by molar-refractivity contribution is 0.0957. The van der Waals surface area contributed by atoms with Crippen molar-refractivity contribution < 1.29 is 9.32 Å². The van der Waals surface area contributed by atoms with Crippen molar-refractivity contribution in [3.63, 3.8) is 0 Å². The molecule has 0 spiro atoms. The van der Waals surface area contributed by atoms with Crippen LogP contribution in [0.3, 0.4) is 0 Å². The first-order valence-corrected chi connectivity index (χ1v) is 9.85. The van der Waals surface area contributed by atoms with Gasteiger partial charge >= 0.3 is 0 Å². The van der Waals surface area contributed by atoms with E-state index in [2.05, 4.69) is 40.3 Å². The van der Waals surface area contributed by atoms with E-state index in [1.165, 1.54) is 17.7 Å². The van der Waals surface area contributed by atoms with Crippen LogP contribution in [0.2, 0.25) is 0 Å². The lowest BCUT2D eigenvalue weighted by atomic mass is 10.1. The molecule has 3 heterocycles. The van der Waals surface area contributed by atoms with E-state index in [9.17, 15) is 4.79 Å². The van der Waals surface area contributed by atoms with Gasteiger partial charge in [-0.15, -0.1) is 11.3 Å². The molecule has 0 aromatic carbocycles. The summed E-state index contributed by atoms with van der Waals surface area (Å²) in [5, 5.41) is 6.80. The third-order valence-electron chi connectivity index (χ3n) is 4.59. The molecule has 1 aliphatic rings. The van der Waals surface area contributed by atoms with Crippen LogP contribution in [0, 0.1) is 0 Å². The number of carbonyl (C=O) groups excluding carboxylic acids is 1. The predicted octanol–water partition coefficient (Wildman–Crippen LogP) is 3.21. The summed E-state index contributed by atoms with van der Waals surface area (Å²) < 4.78 is 5.13. The summed E-state index contributed by atoms with van der Waals surface area (Å²) in [6, 6.07) is 5.04. The van der Waals surface area contributed by atoms with Crippen molar-refractivity contribution in [2.24, 2.45) is 0 Å². The number of nitrogens with one attached hydrogen (secondary N) is 1. The van der Waals surface area contributed by atoms with E-state index in [0.29, 0.717) is 36.8 Å². The Bertz CT molecular complexity index is 710. The Kier molecular flexibility index (Phi) is 5.86. The van der Waals surface area contributed by atoms with Crippen LogP contribution in [0.5, 0.6) is 0 Å². The maximum Gasteiger partial charge on any atom is 0.261 e. The number of nitrogens with zero attached hydrogens (tertiary/aromatic N) is 3. The third kappa shape index (κ3) is 4.27. The van der Waals surface area contributed by atoms with Crippen molar-refractivity contribution in [3.8, 4) is 0 Å². The Morgan fingerprint density at radius 3 is 3.04 bits per heavy atom. The SMILES string of the molecule is CCc1noc(CCNC(=O)c2ccc([C@H]3CCCN3C(C)C)s2)n1. The molecular formula is C18H26N4O2S. The van der Waals surface area contributed by atoms with E-state index in [4.69, 9.17) is 4.52 Å². The summed E-state index contributed by atoms with van der Waals surface area (Å²) in [5.41, 5.74) is 0. The van der Waals surface area contributed by atoms with E-state index in [-0.39, 0.29) is 5.91 Å². The van der Waals surface area contributed by atoms with Crippen LogP contribution in [-0.4, -0.2) is 40.1 Å². The fourth-order valence-electron chi connectivity index (χ4n) is 3.27. The summed E-state index contributed by atoms with van der Waals surface area (Å²) in [6.07, 6.45) is 3.71. The molecule has 0 bridgehead atoms. The smallest absolute Gasteiger partial charge is 0.261 e. The van der Waals surface area contributed by atoms with Crippen molar-refractivity contribution in [3.05, 3.63) is 33.6 Å². The molecule has 1 N–H and O–H groups in total. The minimum absolute atomic E-state index is 0.0272. The molecule has 25 heavy (non-hydrogen) atoms. The lowest BCUT2D eigenvalue weighted by Gasteiger charge is -2.27. The zero-order valence-corrected chi connectivity index (χ0v) is 15.9. The summed E-state index contributed by atoms with van der Waals surface area (Å²) >= 11 is 1.61. The van der Waals surface area contributed by atoms with Gasteiger partial charge in [-0.1, -0.05) is 12.1 Å². The van der Waals surface area contributed by atoms with Gasteiger partial charge in [0.15, 0.2) is 5.82 Å². The normalized spacial score (nSPS) is 18.2. The summed E-state index contributed by atoms with van der Waals surface area (Å²) in [6.45, 7) is 8.10. The molecule has 1 fully saturated rings. The molecular weight excluding hydrogens is 336 g/mol. The zero-order valence-electron chi connectivity index (χ0n) is 15.1. The molecule has 0 aliphatic carbocycles. The number of hydrogen-bond donors (Lipinski definition) is 1. The summed E-state index contributed by atoms with van der Waals surface area (Å²) in [4.78, 5) is 21.2. The molecule has 1 aliphatic heterocycles. The van der Waals surface area contributed by atoms with Gasteiger partial charge in [0.05, 0.1) is 4.88 Å². The molecule has 3 rings (SSSR count). The van der Waals surface area contributed by atoms with Crippen molar-refractivity contribution in [1.82, 2.24) is 20.4 Å². The van der Waals surface area contributed by atoms with E-state index >= 15 is 0 Å². The fraction of sp³-hybridized carbons (Fsp3) is 0.611. The van der Waals surface area contributed by atoms with Gasteiger partial charge in [-0.05, 0) is 45.4 Å². The average Bonchev–Trinajstić information content (AvgIpc) is 3.33. The second kappa shape index (κ2) is 8.10. The monoisotopic (exact) mass is 362 g/mol. The first kappa shape index (κ1) is 18.1. The number of aryl methyl sites for hydroxylation is 1. The number of carbonyl (C=O) groups is 1. The molecule has 7 heteroatoms. The molecule has 2 aromatic heterocycles. The van der Waals surface area contributed by atoms with Crippen LogP contribution in [0.25, 0.3) is 0 Å². The minimum atomic E-state index is -0.0272. The van der Waals surface area contributed by atoms with Gasteiger partial charge in [-0.2, -0.15) is 4.98 Å². The van der Waals surface area contributed by atoms with Crippen LogP contribution in [0.4, 0.5) is 0 Å². The van der Waals surface area contributed by atoms with Crippen molar-refractivity contribution in [2.45, 2.75) is 58.5 Å². The highest BCUT2D eigenvalue weighted by atomic mass is 32.1. The maximum atomic E-state index is 12.4. The first-order valence-electron chi connectivity index (χ1n) is 9.03. The molecule has 0 radical (unpaired) electrons. The van der Waals surface area contributed by atoms with Gasteiger partial charge in [0, 0.05) is 36.3 Å². The van der Waals surface area contributed by atoms with E-state index in [1.807, 2.05) is 13.0 Å². The van der Waals surface area contributed by atoms with Gasteiger partial charge < -0.3 is 9.84 Å². The Morgan fingerprint density at radius 1 is 1.48 bits per heavy atom. The van der Waals surface area contributed by atoms with Crippen LogP contribution in [-0.2, 0) is 12.8 Å². The summed E-state index contributed by atoms with van der Waals surface area (Å²) in [7, 11) is 0. The number of hydrogen-bond acceptors (Lipinski definition) is 6. The number of thiophene rings is 1. The van der Waals surface area contributed by atoms with E-state index in [1.54, 1.807) is 11.3 Å². The van der Waals surface area contributed by atoms with E-state index in [0.717, 1.165) is 17.8 Å². The number of rotatable bonds is 7. The minimum Gasteiger partial charge on any atom is -0.351 e. The quantitative estimate of drug-likeness (QED) is 0.819. The topological polar surface area (TPSA) is 71.3 Å². The second-order valence-corrected chi connectivity index (χ2v) is 7.77. The largest absolute Gasteiger partial charge is 0.351 e. The van der Waals surface area contributed by atoms with Crippen molar-refractivity contribution in [1.29, 1.82) is 0 Å². The predicted molar refractivity (Wildman–Crippen MR) is 97.8 cm³/mol. The molecule has 6 nitrogen and oxygen atoms in total. The molecule has 1 saturated heterocycles. The first-order chi connectivity index (χ1) is 12.1. The standard InChI is InChI=1S/C18H26N4O2S/c1-4-16-20-17(24-21-16)9-10-19-18(23)15-8-7-14(25-15)13-6-5-11-22(13)12(2)3/h7-8,12-13H,4-6,9-11H2,1-3H3,(H,19,23)/t13-/m1/s1. The van der Waals surface area contributed by atoms with Gasteiger partial charge in [-0.3, -0.25) is 9.69 Å². The van der Waals surface area contributed by atoms with Crippen LogP contribution in [0.1, 0.15) is 65.9 Å². The maximum absolute atomic E-state index is 12.4. The van der Waals surface area contributed by atoms with Crippen molar-refractivity contribution >= 4 is 17.2 Å². The number of aromatic nitrogens is 2. The molecule has 0 unspecified atom stereocenters. The molecule has 136 valence electrons. The highest BCUT2D eigenvalue weighted by Crippen LogP contribution is 2.37. The highest BCUT2D eigenvalue weighted by Gasteiger charge is 2.29. The van der Waals surface area contributed by atoms with Gasteiger partial charge in [0.25, 0.3) is 5.91 Å². The van der Waals surface area contributed by atoms with E-state index < -0.39 is 0 Å². The summed E-state index contributed by atoms with van der Waals surface area (Å²) in [5.74, 6) is 1.25. The Balaban J connectivity index is 1.53. The number of likely N-dealkylation sites (tertiary alicyclic amines) is 1. The van der Waals surface area contributed by atoms with Crippen LogP contribution >= 0.6 is 11.3 Å². The molecule has 1 atom stereocenters. The third-order valence-corrected chi connectivity index (χ3v) is 5.77. The fourth-order valence-corrected chi connectivity index (χ4v) is 4.35. The highest BCUT2D eigenvalue weighted by molar-refractivity contribution is 7.14. The Morgan fingerprint density at radius 2 is 2.32 bits per heavy atom. The lowest BCUT2D eigenvalue weighted by Crippen LogP contribution is -2.29. The van der Waals surface area contributed by atoms with Gasteiger partial charge in [0.1, 0.15) is 0 Å². The van der Waals surface area contributed by atoms with Crippen LogP contribution < -0.4 is 5.32 Å². The Labute approximate surface area is 152 Å². The average molecular weight is 362 g/mol. The number of amides is 1. The second-order valence-electron chi connectivity index (χ2n) is 6.66. The molecule has 0 saturated carbocycles. The van der Waals surface area contributed by atoms with Crippen molar-refractivity contribution in [2.75, 3.05) is 13.1 Å².